The summed E-state index contributed by atoms with van der Waals surface area (Å²) in [7, 11) is 0. The third-order valence-corrected chi connectivity index (χ3v) is 3.23. The largest absolute Gasteiger partial charge is 0.356 e. The van der Waals surface area contributed by atoms with Gasteiger partial charge in [0.05, 0.1) is 6.20 Å². The first-order valence-electron chi connectivity index (χ1n) is 7.09. The number of nitrogens with one attached hydrogen (secondary N) is 2. The number of carbonyl (C=O) groups is 1. The van der Waals surface area contributed by atoms with Crippen molar-refractivity contribution in [2.24, 2.45) is 0 Å². The monoisotopic (exact) mass is 271 g/mol. The number of nitrogens with zero attached hydrogens (tertiary/aromatic N) is 1. The van der Waals surface area contributed by atoms with Crippen molar-refractivity contribution in [1.82, 2.24) is 9.97 Å². The maximum absolute atomic E-state index is 11.1. The quantitative estimate of drug-likeness (QED) is 0.571. The highest BCUT2D eigenvalue weighted by molar-refractivity contribution is 5.92. The zero-order valence-corrected chi connectivity index (χ0v) is 11.9. The molecule has 1 aromatic carbocycles. The summed E-state index contributed by atoms with van der Waals surface area (Å²) in [5.74, 6) is 0.687. The first-order valence-corrected chi connectivity index (χ1v) is 7.09. The summed E-state index contributed by atoms with van der Waals surface area (Å²) in [6.07, 6.45) is 6.18. The van der Waals surface area contributed by atoms with E-state index < -0.39 is 0 Å². The highest BCUT2D eigenvalue weighted by atomic mass is 16.1. The van der Waals surface area contributed by atoms with Crippen molar-refractivity contribution in [2.45, 2.75) is 32.6 Å². The first-order chi connectivity index (χ1) is 9.75. The predicted octanol–water partition coefficient (Wildman–Crippen LogP) is 3.44. The number of H-pyrrole nitrogens is 1. The summed E-state index contributed by atoms with van der Waals surface area (Å²) in [6.45, 7) is 2.40. The summed E-state index contributed by atoms with van der Waals surface area (Å²) in [4.78, 5) is 18.2. The van der Waals surface area contributed by atoms with Gasteiger partial charge in [0.25, 0.3) is 0 Å². The van der Waals surface area contributed by atoms with Gasteiger partial charge in [-0.3, -0.25) is 4.79 Å². The third-order valence-electron chi connectivity index (χ3n) is 3.23. The van der Waals surface area contributed by atoms with Gasteiger partial charge in [-0.25, -0.2) is 4.98 Å². The number of unbranched alkanes of at least 4 members (excludes halogenated alkanes) is 2. The minimum atomic E-state index is 0.00779. The molecule has 0 fully saturated rings. The second kappa shape index (κ2) is 7.48. The van der Waals surface area contributed by atoms with Crippen LogP contribution in [0.5, 0.6) is 0 Å². The van der Waals surface area contributed by atoms with Crippen LogP contribution in [0.4, 0.5) is 5.95 Å². The summed E-state index contributed by atoms with van der Waals surface area (Å²) >= 11 is 0. The molecule has 0 radical (unpaired) electrons. The van der Waals surface area contributed by atoms with Crippen molar-refractivity contribution in [3.63, 3.8) is 0 Å². The lowest BCUT2D eigenvalue weighted by Gasteiger charge is -2.03. The van der Waals surface area contributed by atoms with Crippen molar-refractivity contribution in [3.8, 4) is 0 Å². The molecule has 4 nitrogen and oxygen atoms in total. The molecule has 20 heavy (non-hydrogen) atoms. The Morgan fingerprint density at radius 3 is 2.70 bits per heavy atom. The first kappa shape index (κ1) is 14.3. The number of anilines is 1. The van der Waals surface area contributed by atoms with E-state index in [1.54, 1.807) is 6.20 Å². The Balaban J connectivity index is 1.58. The Bertz CT molecular complexity index is 534. The van der Waals surface area contributed by atoms with E-state index in [9.17, 15) is 4.79 Å². The smallest absolute Gasteiger partial charge is 0.200 e. The molecule has 0 unspecified atom stereocenters. The van der Waals surface area contributed by atoms with Gasteiger partial charge in [-0.15, -0.1) is 0 Å². The van der Waals surface area contributed by atoms with E-state index in [0.29, 0.717) is 11.6 Å². The van der Waals surface area contributed by atoms with Crippen LogP contribution in [0, 0.1) is 0 Å². The minimum absolute atomic E-state index is 0.00779. The number of hydrogen-bond donors (Lipinski definition) is 2. The molecule has 106 valence electrons. The van der Waals surface area contributed by atoms with Crippen LogP contribution < -0.4 is 5.32 Å². The average molecular weight is 271 g/mol. The Morgan fingerprint density at radius 1 is 1.20 bits per heavy atom. The van der Waals surface area contributed by atoms with E-state index in [-0.39, 0.29) is 5.78 Å². The molecule has 0 aliphatic carbocycles. The maximum Gasteiger partial charge on any atom is 0.200 e. The minimum Gasteiger partial charge on any atom is -0.356 e. The van der Waals surface area contributed by atoms with Gasteiger partial charge in [-0.1, -0.05) is 36.8 Å². The molecule has 0 atom stereocenters. The zero-order valence-electron chi connectivity index (χ0n) is 11.9. The van der Waals surface area contributed by atoms with Crippen LogP contribution in [0.15, 0.2) is 36.5 Å². The van der Waals surface area contributed by atoms with Crippen LogP contribution >= 0.6 is 0 Å². The standard InChI is InChI=1S/C16H21N3O/c1-13(20)15-12-18-16(19-15)17-11-7-3-6-10-14-8-4-2-5-9-14/h2,4-5,8-9,12H,3,6-7,10-11H2,1H3,(H2,17,18,19). The lowest BCUT2D eigenvalue weighted by Crippen LogP contribution is -2.03. The number of benzene rings is 1. The average Bonchev–Trinajstić information content (AvgIpc) is 2.93. The number of hydrogen-bond acceptors (Lipinski definition) is 3. The lowest BCUT2D eigenvalue weighted by molar-refractivity contribution is 0.101. The molecule has 1 aromatic heterocycles. The summed E-state index contributed by atoms with van der Waals surface area (Å²) in [5.41, 5.74) is 1.95. The maximum atomic E-state index is 11.1. The van der Waals surface area contributed by atoms with Crippen molar-refractivity contribution in [3.05, 3.63) is 47.8 Å². The Kier molecular flexibility index (Phi) is 5.35. The number of carbonyl (C=O) groups excluding carboxylic acids is 1. The SMILES string of the molecule is CC(=O)c1cnc(NCCCCCc2ccccc2)[nH]1. The highest BCUT2D eigenvalue weighted by Crippen LogP contribution is 2.07. The van der Waals surface area contributed by atoms with Crippen molar-refractivity contribution < 1.29 is 4.79 Å². The molecule has 0 amide bonds. The second-order valence-electron chi connectivity index (χ2n) is 4.92. The van der Waals surface area contributed by atoms with E-state index in [1.165, 1.54) is 25.3 Å². The highest BCUT2D eigenvalue weighted by Gasteiger charge is 2.03. The van der Waals surface area contributed by atoms with Gasteiger partial charge < -0.3 is 10.3 Å². The number of aryl methyl sites for hydroxylation is 1. The summed E-state index contributed by atoms with van der Waals surface area (Å²) in [6, 6.07) is 10.6. The number of imidazole rings is 1. The molecular weight excluding hydrogens is 250 g/mol. The Labute approximate surface area is 119 Å². The molecule has 0 bridgehead atoms. The Hall–Kier alpha value is -2.10. The summed E-state index contributed by atoms with van der Waals surface area (Å²) < 4.78 is 0. The van der Waals surface area contributed by atoms with Gasteiger partial charge >= 0.3 is 0 Å². The lowest BCUT2D eigenvalue weighted by atomic mass is 10.1. The van der Waals surface area contributed by atoms with Crippen molar-refractivity contribution in [1.29, 1.82) is 0 Å². The molecule has 0 spiro atoms. The van der Waals surface area contributed by atoms with E-state index in [0.717, 1.165) is 19.4 Å². The van der Waals surface area contributed by atoms with Crippen molar-refractivity contribution in [2.75, 3.05) is 11.9 Å². The fourth-order valence-corrected chi connectivity index (χ4v) is 2.07. The van der Waals surface area contributed by atoms with E-state index in [1.807, 2.05) is 6.07 Å². The van der Waals surface area contributed by atoms with E-state index >= 15 is 0 Å². The van der Waals surface area contributed by atoms with Gasteiger partial charge in [-0.05, 0) is 24.8 Å². The number of Topliss-reactive ketones (excluding diaryl/α,β-unsaturated/α-hetero) is 1. The molecule has 2 aromatic rings. The number of aromatic amines is 1. The van der Waals surface area contributed by atoms with Crippen LogP contribution in [0.1, 0.15) is 42.2 Å². The molecular formula is C16H21N3O. The number of rotatable bonds is 8. The van der Waals surface area contributed by atoms with Crippen LogP contribution in [0.25, 0.3) is 0 Å². The third kappa shape index (κ3) is 4.53. The Morgan fingerprint density at radius 2 is 2.00 bits per heavy atom. The van der Waals surface area contributed by atoms with E-state index in [4.69, 9.17) is 0 Å². The summed E-state index contributed by atoms with van der Waals surface area (Å²) in [5, 5.41) is 3.20. The molecule has 1 heterocycles. The van der Waals surface area contributed by atoms with Gasteiger partial charge in [0.15, 0.2) is 5.78 Å². The normalized spacial score (nSPS) is 10.4. The molecule has 0 aliphatic rings. The molecule has 0 saturated heterocycles. The molecule has 0 aliphatic heterocycles. The fourth-order valence-electron chi connectivity index (χ4n) is 2.07. The second-order valence-corrected chi connectivity index (χ2v) is 4.92. The van der Waals surface area contributed by atoms with Crippen LogP contribution in [0.2, 0.25) is 0 Å². The van der Waals surface area contributed by atoms with Gasteiger partial charge in [0, 0.05) is 13.5 Å². The molecule has 2 rings (SSSR count). The van der Waals surface area contributed by atoms with Crippen LogP contribution in [-0.2, 0) is 6.42 Å². The van der Waals surface area contributed by atoms with Crippen LogP contribution in [-0.4, -0.2) is 22.3 Å². The number of aromatic nitrogens is 2. The van der Waals surface area contributed by atoms with Crippen LogP contribution in [0.3, 0.4) is 0 Å². The topological polar surface area (TPSA) is 57.8 Å². The zero-order chi connectivity index (χ0) is 14.2. The predicted molar refractivity (Wildman–Crippen MR) is 81.1 cm³/mol. The molecule has 4 heteroatoms. The van der Waals surface area contributed by atoms with Gasteiger partial charge in [0.2, 0.25) is 5.95 Å². The van der Waals surface area contributed by atoms with Crippen molar-refractivity contribution >= 4 is 11.7 Å². The van der Waals surface area contributed by atoms with E-state index in [2.05, 4.69) is 39.6 Å². The van der Waals surface area contributed by atoms with Gasteiger partial charge in [-0.2, -0.15) is 0 Å². The fraction of sp³-hybridized carbons (Fsp3) is 0.375. The number of ketones is 1. The van der Waals surface area contributed by atoms with Gasteiger partial charge in [0.1, 0.15) is 5.69 Å². The molecule has 2 N–H and O–H groups in total. The molecule has 0 saturated carbocycles.